The number of rotatable bonds is 7. The SMILES string of the molecule is Cc1cc(OCC(=O)NC(c2ccccc2)C(C)C)ccc1[N+](=O)[O-]. The summed E-state index contributed by atoms with van der Waals surface area (Å²) in [6.45, 7) is 5.57. The van der Waals surface area contributed by atoms with Gasteiger partial charge >= 0.3 is 0 Å². The van der Waals surface area contributed by atoms with Crippen LogP contribution in [0.5, 0.6) is 5.75 Å². The van der Waals surface area contributed by atoms with Crippen LogP contribution in [0.2, 0.25) is 0 Å². The Labute approximate surface area is 147 Å². The van der Waals surface area contributed by atoms with Gasteiger partial charge in [-0.1, -0.05) is 44.2 Å². The molecule has 0 spiro atoms. The number of aryl methyl sites for hydroxylation is 1. The van der Waals surface area contributed by atoms with Crippen LogP contribution in [-0.4, -0.2) is 17.4 Å². The van der Waals surface area contributed by atoms with Crippen molar-refractivity contribution in [1.29, 1.82) is 0 Å². The van der Waals surface area contributed by atoms with Crippen LogP contribution in [0.3, 0.4) is 0 Å². The monoisotopic (exact) mass is 342 g/mol. The Morgan fingerprint density at radius 3 is 2.44 bits per heavy atom. The van der Waals surface area contributed by atoms with Crippen molar-refractivity contribution in [3.05, 3.63) is 69.8 Å². The number of ether oxygens (including phenoxy) is 1. The summed E-state index contributed by atoms with van der Waals surface area (Å²) in [6.07, 6.45) is 0. The fourth-order valence-corrected chi connectivity index (χ4v) is 2.58. The van der Waals surface area contributed by atoms with E-state index in [1.165, 1.54) is 12.1 Å². The van der Waals surface area contributed by atoms with Crippen LogP contribution >= 0.6 is 0 Å². The van der Waals surface area contributed by atoms with E-state index >= 15 is 0 Å². The number of hydrogen-bond donors (Lipinski definition) is 1. The van der Waals surface area contributed by atoms with Gasteiger partial charge in [0, 0.05) is 11.6 Å². The van der Waals surface area contributed by atoms with Crippen molar-refractivity contribution in [3.8, 4) is 5.75 Å². The third-order valence-corrected chi connectivity index (χ3v) is 3.88. The summed E-state index contributed by atoms with van der Waals surface area (Å²) in [5, 5.41) is 13.8. The zero-order valence-electron chi connectivity index (χ0n) is 14.6. The summed E-state index contributed by atoms with van der Waals surface area (Å²) < 4.78 is 5.47. The fraction of sp³-hybridized carbons (Fsp3) is 0.316. The molecule has 1 N–H and O–H groups in total. The molecular weight excluding hydrogens is 320 g/mol. The first-order chi connectivity index (χ1) is 11.9. The topological polar surface area (TPSA) is 81.5 Å². The molecule has 0 aliphatic heterocycles. The summed E-state index contributed by atoms with van der Waals surface area (Å²) in [4.78, 5) is 22.6. The van der Waals surface area contributed by atoms with E-state index in [-0.39, 0.29) is 30.2 Å². The van der Waals surface area contributed by atoms with Crippen LogP contribution in [0.15, 0.2) is 48.5 Å². The highest BCUT2D eigenvalue weighted by Gasteiger charge is 2.18. The Bertz CT molecular complexity index is 744. The van der Waals surface area contributed by atoms with Crippen LogP contribution in [0.1, 0.15) is 31.0 Å². The van der Waals surface area contributed by atoms with E-state index in [9.17, 15) is 14.9 Å². The van der Waals surface area contributed by atoms with Gasteiger partial charge in [-0.3, -0.25) is 14.9 Å². The molecule has 0 aromatic heterocycles. The van der Waals surface area contributed by atoms with Gasteiger partial charge in [-0.15, -0.1) is 0 Å². The van der Waals surface area contributed by atoms with Gasteiger partial charge in [0.15, 0.2) is 6.61 Å². The van der Waals surface area contributed by atoms with E-state index in [0.717, 1.165) is 5.56 Å². The molecule has 25 heavy (non-hydrogen) atoms. The van der Waals surface area contributed by atoms with Gasteiger partial charge in [0.05, 0.1) is 11.0 Å². The van der Waals surface area contributed by atoms with E-state index < -0.39 is 4.92 Å². The molecule has 1 unspecified atom stereocenters. The number of benzene rings is 2. The molecule has 0 saturated carbocycles. The van der Waals surface area contributed by atoms with Crippen molar-refractivity contribution in [2.45, 2.75) is 26.8 Å². The number of carbonyl (C=O) groups is 1. The maximum Gasteiger partial charge on any atom is 0.272 e. The average Bonchev–Trinajstić information content (AvgIpc) is 2.58. The third-order valence-electron chi connectivity index (χ3n) is 3.88. The molecular formula is C19H22N2O4. The molecule has 0 aliphatic rings. The number of nitro benzene ring substituents is 1. The molecule has 0 saturated heterocycles. The van der Waals surface area contributed by atoms with Crippen molar-refractivity contribution in [1.82, 2.24) is 5.32 Å². The minimum Gasteiger partial charge on any atom is -0.484 e. The second-order valence-electron chi connectivity index (χ2n) is 6.19. The summed E-state index contributed by atoms with van der Waals surface area (Å²) in [6, 6.07) is 14.1. The Morgan fingerprint density at radius 2 is 1.88 bits per heavy atom. The highest BCUT2D eigenvalue weighted by molar-refractivity contribution is 5.78. The molecule has 0 bridgehead atoms. The van der Waals surface area contributed by atoms with Gasteiger partial charge in [0.1, 0.15) is 5.75 Å². The number of amides is 1. The molecule has 2 aromatic carbocycles. The van der Waals surface area contributed by atoms with Crippen LogP contribution in [0.4, 0.5) is 5.69 Å². The lowest BCUT2D eigenvalue weighted by molar-refractivity contribution is -0.385. The number of hydrogen-bond acceptors (Lipinski definition) is 4. The van der Waals surface area contributed by atoms with Crippen LogP contribution in [-0.2, 0) is 4.79 Å². The van der Waals surface area contributed by atoms with Crippen LogP contribution < -0.4 is 10.1 Å². The number of nitrogens with zero attached hydrogens (tertiary/aromatic N) is 1. The first-order valence-electron chi connectivity index (χ1n) is 8.10. The molecule has 6 heteroatoms. The lowest BCUT2D eigenvalue weighted by Gasteiger charge is -2.23. The van der Waals surface area contributed by atoms with Crippen LogP contribution in [0, 0.1) is 23.0 Å². The molecule has 0 fully saturated rings. The van der Waals surface area contributed by atoms with Gasteiger partial charge in [0.2, 0.25) is 0 Å². The standard InChI is InChI=1S/C19H22N2O4/c1-13(2)19(15-7-5-4-6-8-15)20-18(22)12-25-16-9-10-17(21(23)24)14(3)11-16/h4-11,13,19H,12H2,1-3H3,(H,20,22). The van der Waals surface area contributed by atoms with E-state index in [2.05, 4.69) is 5.32 Å². The van der Waals surface area contributed by atoms with Crippen molar-refractivity contribution >= 4 is 11.6 Å². The summed E-state index contributed by atoms with van der Waals surface area (Å²) in [7, 11) is 0. The highest BCUT2D eigenvalue weighted by Crippen LogP contribution is 2.23. The Kier molecular flexibility index (Phi) is 6.11. The van der Waals surface area contributed by atoms with Crippen molar-refractivity contribution in [2.24, 2.45) is 5.92 Å². The van der Waals surface area contributed by atoms with Crippen molar-refractivity contribution in [2.75, 3.05) is 6.61 Å². The highest BCUT2D eigenvalue weighted by atomic mass is 16.6. The summed E-state index contributed by atoms with van der Waals surface area (Å²) >= 11 is 0. The predicted molar refractivity (Wildman–Crippen MR) is 95.5 cm³/mol. The second-order valence-corrected chi connectivity index (χ2v) is 6.19. The number of nitrogens with one attached hydrogen (secondary N) is 1. The lowest BCUT2D eigenvalue weighted by Crippen LogP contribution is -2.35. The van der Waals surface area contributed by atoms with E-state index in [1.807, 2.05) is 44.2 Å². The molecule has 0 aliphatic carbocycles. The Hall–Kier alpha value is -2.89. The molecule has 1 amide bonds. The minimum absolute atomic E-state index is 0.0285. The molecule has 0 heterocycles. The molecule has 2 rings (SSSR count). The quantitative estimate of drug-likeness (QED) is 0.613. The summed E-state index contributed by atoms with van der Waals surface area (Å²) in [5.74, 6) is 0.422. The van der Waals surface area contributed by atoms with Crippen molar-refractivity contribution in [3.63, 3.8) is 0 Å². The maximum atomic E-state index is 12.2. The number of carbonyl (C=O) groups excluding carboxylic acids is 1. The molecule has 2 aromatic rings. The maximum absolute atomic E-state index is 12.2. The van der Waals surface area contributed by atoms with Crippen LogP contribution in [0.25, 0.3) is 0 Å². The average molecular weight is 342 g/mol. The first-order valence-corrected chi connectivity index (χ1v) is 8.10. The Balaban J connectivity index is 1.98. The summed E-state index contributed by atoms with van der Waals surface area (Å²) in [5.41, 5.74) is 1.56. The van der Waals surface area contributed by atoms with Gasteiger partial charge in [-0.25, -0.2) is 0 Å². The van der Waals surface area contributed by atoms with E-state index in [0.29, 0.717) is 11.3 Å². The Morgan fingerprint density at radius 1 is 1.20 bits per heavy atom. The first kappa shape index (κ1) is 18.4. The largest absolute Gasteiger partial charge is 0.484 e. The zero-order valence-corrected chi connectivity index (χ0v) is 14.6. The number of nitro groups is 1. The minimum atomic E-state index is -0.446. The van der Waals surface area contributed by atoms with Gasteiger partial charge < -0.3 is 10.1 Å². The molecule has 6 nitrogen and oxygen atoms in total. The van der Waals surface area contributed by atoms with Gasteiger partial charge in [0.25, 0.3) is 11.6 Å². The normalized spacial score (nSPS) is 11.8. The van der Waals surface area contributed by atoms with Gasteiger partial charge in [-0.05, 0) is 30.5 Å². The molecule has 132 valence electrons. The van der Waals surface area contributed by atoms with E-state index in [1.54, 1.807) is 13.0 Å². The smallest absolute Gasteiger partial charge is 0.272 e. The predicted octanol–water partition coefficient (Wildman–Crippen LogP) is 3.80. The molecule has 1 atom stereocenters. The van der Waals surface area contributed by atoms with Crippen molar-refractivity contribution < 1.29 is 14.5 Å². The van der Waals surface area contributed by atoms with Gasteiger partial charge in [-0.2, -0.15) is 0 Å². The fourth-order valence-electron chi connectivity index (χ4n) is 2.58. The zero-order chi connectivity index (χ0) is 18.4. The van der Waals surface area contributed by atoms with E-state index in [4.69, 9.17) is 4.74 Å². The second kappa shape index (κ2) is 8.28. The molecule has 0 radical (unpaired) electrons. The third kappa shape index (κ3) is 5.04. The lowest BCUT2D eigenvalue weighted by atomic mass is 9.96.